The molecule has 5 nitrogen and oxygen atoms in total. The van der Waals surface area contributed by atoms with Gasteiger partial charge in [-0.25, -0.2) is 0 Å². The molecule has 0 aromatic carbocycles. The van der Waals surface area contributed by atoms with Crippen LogP contribution in [-0.2, 0) is 6.42 Å². The van der Waals surface area contributed by atoms with Crippen molar-refractivity contribution in [3.8, 4) is 0 Å². The number of amides is 1. The monoisotopic (exact) mass is 268 g/mol. The van der Waals surface area contributed by atoms with E-state index in [2.05, 4.69) is 9.59 Å². The maximum Gasteiger partial charge on any atom is 0.267 e. The third kappa shape index (κ3) is 2.40. The molecule has 2 rings (SSSR count). The average molecular weight is 268 g/mol. The lowest BCUT2D eigenvalue weighted by molar-refractivity contribution is 0.0703. The normalized spacial score (nSPS) is 23.3. The van der Waals surface area contributed by atoms with Crippen molar-refractivity contribution in [2.24, 2.45) is 11.7 Å². The largest absolute Gasteiger partial charge is 0.338 e. The van der Waals surface area contributed by atoms with Crippen LogP contribution in [0.5, 0.6) is 0 Å². The highest BCUT2D eigenvalue weighted by Gasteiger charge is 2.33. The Morgan fingerprint density at radius 3 is 3.00 bits per heavy atom. The third-order valence-electron chi connectivity index (χ3n) is 3.82. The Labute approximate surface area is 112 Å². The number of rotatable bonds is 4. The van der Waals surface area contributed by atoms with E-state index in [4.69, 9.17) is 5.73 Å². The predicted molar refractivity (Wildman–Crippen MR) is 71.6 cm³/mol. The molecule has 2 unspecified atom stereocenters. The lowest BCUT2D eigenvalue weighted by atomic mass is 10.0. The van der Waals surface area contributed by atoms with Gasteiger partial charge >= 0.3 is 0 Å². The van der Waals surface area contributed by atoms with Crippen molar-refractivity contribution in [2.75, 3.05) is 13.6 Å². The second-order valence-corrected chi connectivity index (χ2v) is 5.57. The van der Waals surface area contributed by atoms with Crippen LogP contribution in [0.1, 0.15) is 41.6 Å². The van der Waals surface area contributed by atoms with Gasteiger partial charge in [0, 0.05) is 13.1 Å². The summed E-state index contributed by atoms with van der Waals surface area (Å²) < 4.78 is 3.88. The summed E-state index contributed by atoms with van der Waals surface area (Å²) in [5.41, 5.74) is 6.58. The Kier molecular flexibility index (Phi) is 4.29. The number of aryl methyl sites for hydroxylation is 1. The lowest BCUT2D eigenvalue weighted by Gasteiger charge is -2.28. The van der Waals surface area contributed by atoms with Gasteiger partial charge in [-0.3, -0.25) is 4.79 Å². The van der Waals surface area contributed by atoms with Crippen LogP contribution in [-0.4, -0.2) is 40.0 Å². The van der Waals surface area contributed by atoms with E-state index in [-0.39, 0.29) is 11.9 Å². The van der Waals surface area contributed by atoms with E-state index in [0.29, 0.717) is 17.3 Å². The van der Waals surface area contributed by atoms with Crippen LogP contribution in [0.3, 0.4) is 0 Å². The van der Waals surface area contributed by atoms with Crippen LogP contribution in [0.15, 0.2) is 0 Å². The summed E-state index contributed by atoms with van der Waals surface area (Å²) in [6, 6.07) is 0.273. The van der Waals surface area contributed by atoms with E-state index in [0.717, 1.165) is 31.4 Å². The molecule has 100 valence electrons. The lowest BCUT2D eigenvalue weighted by Crippen LogP contribution is -2.41. The molecular formula is C12H20N4OS. The molecule has 1 saturated carbocycles. The van der Waals surface area contributed by atoms with Gasteiger partial charge in [0.1, 0.15) is 4.88 Å². The van der Waals surface area contributed by atoms with Gasteiger partial charge in [-0.2, -0.15) is 0 Å². The van der Waals surface area contributed by atoms with E-state index in [1.54, 1.807) is 0 Å². The van der Waals surface area contributed by atoms with Gasteiger partial charge in [0.05, 0.1) is 5.69 Å². The minimum atomic E-state index is 0.0483. The van der Waals surface area contributed by atoms with E-state index in [9.17, 15) is 4.79 Å². The molecule has 6 heteroatoms. The zero-order valence-electron chi connectivity index (χ0n) is 10.9. The fourth-order valence-corrected chi connectivity index (χ4v) is 3.45. The molecular weight excluding hydrogens is 248 g/mol. The highest BCUT2D eigenvalue weighted by molar-refractivity contribution is 7.08. The smallest absolute Gasteiger partial charge is 0.267 e. The molecule has 0 spiro atoms. The van der Waals surface area contributed by atoms with Crippen molar-refractivity contribution in [1.82, 2.24) is 14.5 Å². The standard InChI is InChI=1S/C12H20N4OS/c1-3-9-11(18-15-14-9)12(17)16(2)10-6-4-5-8(10)7-13/h8,10H,3-7,13H2,1-2H3. The van der Waals surface area contributed by atoms with E-state index in [1.807, 2.05) is 18.9 Å². The van der Waals surface area contributed by atoms with Crippen LogP contribution in [0.4, 0.5) is 0 Å². The molecule has 1 aliphatic rings. The summed E-state index contributed by atoms with van der Waals surface area (Å²) in [6.07, 6.45) is 4.08. The van der Waals surface area contributed by atoms with Crippen molar-refractivity contribution < 1.29 is 4.79 Å². The van der Waals surface area contributed by atoms with Gasteiger partial charge in [-0.15, -0.1) is 5.10 Å². The molecule has 0 bridgehead atoms. The fourth-order valence-electron chi connectivity index (χ4n) is 2.72. The Bertz CT molecular complexity index is 420. The second-order valence-electron chi connectivity index (χ2n) is 4.81. The van der Waals surface area contributed by atoms with Crippen LogP contribution in [0.25, 0.3) is 0 Å². The first-order valence-corrected chi connectivity index (χ1v) is 7.24. The fraction of sp³-hybridized carbons (Fsp3) is 0.750. The van der Waals surface area contributed by atoms with Gasteiger partial charge < -0.3 is 10.6 Å². The molecule has 1 aromatic rings. The van der Waals surface area contributed by atoms with Crippen molar-refractivity contribution in [3.05, 3.63) is 10.6 Å². The minimum absolute atomic E-state index is 0.0483. The third-order valence-corrected chi connectivity index (χ3v) is 4.58. The number of nitrogens with two attached hydrogens (primary N) is 1. The van der Waals surface area contributed by atoms with E-state index >= 15 is 0 Å². The number of aromatic nitrogens is 2. The van der Waals surface area contributed by atoms with Gasteiger partial charge in [-0.1, -0.05) is 17.8 Å². The molecule has 1 aliphatic carbocycles. The first kappa shape index (κ1) is 13.4. The number of hydrogen-bond donors (Lipinski definition) is 1. The number of carbonyl (C=O) groups is 1. The maximum absolute atomic E-state index is 12.4. The molecule has 0 saturated heterocycles. The summed E-state index contributed by atoms with van der Waals surface area (Å²) in [5.74, 6) is 0.483. The number of nitrogens with zero attached hydrogens (tertiary/aromatic N) is 3. The molecule has 2 atom stereocenters. The van der Waals surface area contributed by atoms with Gasteiger partial charge in [0.25, 0.3) is 5.91 Å². The van der Waals surface area contributed by atoms with Crippen LogP contribution in [0, 0.1) is 5.92 Å². The van der Waals surface area contributed by atoms with Crippen LogP contribution >= 0.6 is 11.5 Å². The molecule has 18 heavy (non-hydrogen) atoms. The van der Waals surface area contributed by atoms with Gasteiger partial charge in [0.2, 0.25) is 0 Å². The highest BCUT2D eigenvalue weighted by Crippen LogP contribution is 2.30. The summed E-state index contributed by atoms with van der Waals surface area (Å²) in [6.45, 7) is 2.65. The van der Waals surface area contributed by atoms with Crippen molar-refractivity contribution in [2.45, 2.75) is 38.6 Å². The average Bonchev–Trinajstić information content (AvgIpc) is 3.04. The van der Waals surface area contributed by atoms with Crippen molar-refractivity contribution in [1.29, 1.82) is 0 Å². The van der Waals surface area contributed by atoms with E-state index < -0.39 is 0 Å². The first-order chi connectivity index (χ1) is 8.69. The number of hydrogen-bond acceptors (Lipinski definition) is 5. The number of carbonyl (C=O) groups excluding carboxylic acids is 1. The topological polar surface area (TPSA) is 72.1 Å². The van der Waals surface area contributed by atoms with Crippen molar-refractivity contribution in [3.63, 3.8) is 0 Å². The molecule has 2 N–H and O–H groups in total. The van der Waals surface area contributed by atoms with Gasteiger partial charge in [-0.05, 0) is 43.3 Å². The van der Waals surface area contributed by atoms with Gasteiger partial charge in [0.15, 0.2) is 0 Å². The van der Waals surface area contributed by atoms with E-state index in [1.165, 1.54) is 11.5 Å². The molecule has 0 radical (unpaired) electrons. The Balaban J connectivity index is 2.13. The van der Waals surface area contributed by atoms with Crippen molar-refractivity contribution >= 4 is 17.4 Å². The zero-order chi connectivity index (χ0) is 13.1. The minimum Gasteiger partial charge on any atom is -0.338 e. The Morgan fingerprint density at radius 1 is 1.56 bits per heavy atom. The summed E-state index contributed by atoms with van der Waals surface area (Å²) in [4.78, 5) is 15.0. The summed E-state index contributed by atoms with van der Waals surface area (Å²) >= 11 is 1.19. The van der Waals surface area contributed by atoms with Crippen LogP contribution in [0.2, 0.25) is 0 Å². The molecule has 1 heterocycles. The zero-order valence-corrected chi connectivity index (χ0v) is 11.7. The molecule has 1 aromatic heterocycles. The quantitative estimate of drug-likeness (QED) is 0.893. The molecule has 0 aliphatic heterocycles. The molecule has 1 amide bonds. The maximum atomic E-state index is 12.4. The highest BCUT2D eigenvalue weighted by atomic mass is 32.1. The second kappa shape index (κ2) is 5.75. The first-order valence-electron chi connectivity index (χ1n) is 6.47. The Morgan fingerprint density at radius 2 is 2.33 bits per heavy atom. The molecule has 1 fully saturated rings. The SMILES string of the molecule is CCc1nnsc1C(=O)N(C)C1CCCC1CN. The Hall–Kier alpha value is -1.01. The predicted octanol–water partition coefficient (Wildman–Crippen LogP) is 1.30. The van der Waals surface area contributed by atoms with Crippen LogP contribution < -0.4 is 5.73 Å². The summed E-state index contributed by atoms with van der Waals surface area (Å²) in [5, 5.41) is 4.00. The summed E-state index contributed by atoms with van der Waals surface area (Å²) in [7, 11) is 1.88.